The van der Waals surface area contributed by atoms with Gasteiger partial charge in [-0.15, -0.1) is 0 Å². The zero-order valence-corrected chi connectivity index (χ0v) is 42.1. The molecule has 0 N–H and O–H groups in total. The SMILES string of the molecule is CC(C)(C)c1ccc(-c2cc3c4c(c2)N(c2cccc5oc6ccccc6c25)c2ccc(-c5ccccc5)cc2B4c2cc(-n4c5ccc(C(C)(C)C)cc5c5cc(C(C)(C)C)ccc54)ccc2O3)cc1. The van der Waals surface area contributed by atoms with Gasteiger partial charge in [0.2, 0.25) is 0 Å². The molecule has 0 fully saturated rings. The maximum absolute atomic E-state index is 7.32. The molecule has 5 heteroatoms. The van der Waals surface area contributed by atoms with E-state index in [9.17, 15) is 0 Å². The summed E-state index contributed by atoms with van der Waals surface area (Å²) in [5.41, 5.74) is 20.6. The second kappa shape index (κ2) is 15.4. The number of anilines is 3. The van der Waals surface area contributed by atoms with E-state index in [2.05, 4.69) is 254 Å². The second-order valence-corrected chi connectivity index (χ2v) is 23.0. The molecule has 0 atom stereocenters. The quantitative estimate of drug-likeness (QED) is 0.165. The van der Waals surface area contributed by atoms with E-state index in [1.54, 1.807) is 0 Å². The van der Waals surface area contributed by atoms with Crippen LogP contribution in [0.25, 0.3) is 71.7 Å². The average Bonchev–Trinajstić information content (AvgIpc) is 3.91. The maximum atomic E-state index is 7.32. The molecule has 2 aliphatic rings. The van der Waals surface area contributed by atoms with Crippen molar-refractivity contribution < 1.29 is 9.15 Å². The summed E-state index contributed by atoms with van der Waals surface area (Å²) < 4.78 is 16.4. The van der Waals surface area contributed by atoms with Gasteiger partial charge in [0, 0.05) is 33.2 Å². The maximum Gasteiger partial charge on any atom is 0.256 e. The Labute approximate surface area is 417 Å². The lowest BCUT2D eigenvalue weighted by molar-refractivity contribution is 0.487. The van der Waals surface area contributed by atoms with Crippen molar-refractivity contribution in [3.05, 3.63) is 199 Å². The second-order valence-electron chi connectivity index (χ2n) is 23.0. The van der Waals surface area contributed by atoms with E-state index in [0.29, 0.717) is 0 Å². The van der Waals surface area contributed by atoms with Gasteiger partial charge < -0.3 is 18.6 Å². The molecule has 0 saturated heterocycles. The van der Waals surface area contributed by atoms with Crippen LogP contribution >= 0.6 is 0 Å². The predicted octanol–water partition coefficient (Wildman–Crippen LogP) is 16.3. The van der Waals surface area contributed by atoms with Gasteiger partial charge in [-0.3, -0.25) is 0 Å². The summed E-state index contributed by atoms with van der Waals surface area (Å²) in [5, 5.41) is 4.72. The Kier molecular flexibility index (Phi) is 9.37. The van der Waals surface area contributed by atoms with Gasteiger partial charge in [-0.2, -0.15) is 0 Å². The Morgan fingerprint density at radius 3 is 1.70 bits per heavy atom. The molecule has 4 heterocycles. The molecular formula is C66H57BN2O2. The lowest BCUT2D eigenvalue weighted by Gasteiger charge is -2.41. The average molecular weight is 921 g/mol. The number of fused-ring (bicyclic) bond motifs is 10. The highest BCUT2D eigenvalue weighted by atomic mass is 16.5. The molecule has 2 aliphatic heterocycles. The smallest absolute Gasteiger partial charge is 0.256 e. The summed E-state index contributed by atoms with van der Waals surface area (Å²) in [6, 6.07) is 67.6. The Bertz CT molecular complexity index is 3900. The highest BCUT2D eigenvalue weighted by Gasteiger charge is 2.43. The zero-order valence-electron chi connectivity index (χ0n) is 42.1. The number of rotatable bonds is 4. The molecule has 0 bridgehead atoms. The number of nitrogens with zero attached hydrogens (tertiary/aromatic N) is 2. The third-order valence-corrected chi connectivity index (χ3v) is 15.3. The zero-order chi connectivity index (χ0) is 48.7. The van der Waals surface area contributed by atoms with Crippen LogP contribution in [0.2, 0.25) is 0 Å². The van der Waals surface area contributed by atoms with Crippen LogP contribution < -0.4 is 26.0 Å². The number of para-hydroxylation sites is 1. The molecule has 0 unspecified atom stereocenters. The van der Waals surface area contributed by atoms with Gasteiger partial charge in [0.25, 0.3) is 6.71 Å². The molecule has 0 aliphatic carbocycles. The van der Waals surface area contributed by atoms with Gasteiger partial charge in [0.1, 0.15) is 22.7 Å². The summed E-state index contributed by atoms with van der Waals surface area (Å²) in [4.78, 5) is 2.49. The molecule has 4 nitrogen and oxygen atoms in total. The molecule has 0 radical (unpaired) electrons. The van der Waals surface area contributed by atoms with Gasteiger partial charge in [0.15, 0.2) is 0 Å². The molecule has 0 amide bonds. The highest BCUT2D eigenvalue weighted by Crippen LogP contribution is 2.48. The normalized spacial score (nSPS) is 13.5. The molecule has 0 saturated carbocycles. The van der Waals surface area contributed by atoms with E-state index >= 15 is 0 Å². The minimum Gasteiger partial charge on any atom is -0.458 e. The lowest BCUT2D eigenvalue weighted by Crippen LogP contribution is -2.59. The van der Waals surface area contributed by atoms with E-state index in [1.165, 1.54) is 55.1 Å². The van der Waals surface area contributed by atoms with Gasteiger partial charge in [-0.05, 0) is 150 Å². The Morgan fingerprint density at radius 1 is 0.394 bits per heavy atom. The minimum atomic E-state index is -0.149. The van der Waals surface area contributed by atoms with Crippen LogP contribution in [0.15, 0.2) is 186 Å². The first-order valence-corrected chi connectivity index (χ1v) is 25.2. The van der Waals surface area contributed by atoms with E-state index in [1.807, 2.05) is 0 Å². The lowest BCUT2D eigenvalue weighted by atomic mass is 9.34. The summed E-state index contributed by atoms with van der Waals surface area (Å²) in [7, 11) is 0. The summed E-state index contributed by atoms with van der Waals surface area (Å²) in [6.07, 6.45) is 0. The molecule has 11 aromatic rings. The largest absolute Gasteiger partial charge is 0.458 e. The number of hydrogen-bond acceptors (Lipinski definition) is 3. The molecule has 71 heavy (non-hydrogen) atoms. The van der Waals surface area contributed by atoms with Crippen molar-refractivity contribution >= 4 is 83.9 Å². The predicted molar refractivity (Wildman–Crippen MR) is 301 cm³/mol. The van der Waals surface area contributed by atoms with Gasteiger partial charge in [-0.1, -0.05) is 165 Å². The monoisotopic (exact) mass is 920 g/mol. The topological polar surface area (TPSA) is 30.5 Å². The van der Waals surface area contributed by atoms with Crippen LogP contribution in [0.1, 0.15) is 79.0 Å². The summed E-state index contributed by atoms with van der Waals surface area (Å²) in [5.74, 6) is 1.74. The third-order valence-electron chi connectivity index (χ3n) is 15.3. The molecule has 2 aromatic heterocycles. The van der Waals surface area contributed by atoms with Crippen LogP contribution in [-0.2, 0) is 16.2 Å². The van der Waals surface area contributed by atoms with Crippen molar-refractivity contribution in [2.24, 2.45) is 0 Å². The Hall–Kier alpha value is -7.76. The first kappa shape index (κ1) is 43.3. The van der Waals surface area contributed by atoms with Crippen LogP contribution in [0.3, 0.4) is 0 Å². The molecule has 9 aromatic carbocycles. The summed E-state index contributed by atoms with van der Waals surface area (Å²) in [6.45, 7) is 20.5. The number of benzene rings is 9. The van der Waals surface area contributed by atoms with Gasteiger partial charge in [-0.25, -0.2) is 0 Å². The number of ether oxygens (including phenoxy) is 1. The highest BCUT2D eigenvalue weighted by molar-refractivity contribution is 6.99. The number of hydrogen-bond donors (Lipinski definition) is 0. The third kappa shape index (κ3) is 6.88. The van der Waals surface area contributed by atoms with Crippen LogP contribution in [0, 0.1) is 0 Å². The summed E-state index contributed by atoms with van der Waals surface area (Å²) >= 11 is 0. The Morgan fingerprint density at radius 2 is 1.01 bits per heavy atom. The van der Waals surface area contributed by atoms with Crippen molar-refractivity contribution in [3.63, 3.8) is 0 Å². The number of aromatic nitrogens is 1. The van der Waals surface area contributed by atoms with E-state index in [-0.39, 0.29) is 23.0 Å². The Balaban J connectivity index is 1.09. The van der Waals surface area contributed by atoms with Crippen molar-refractivity contribution in [3.8, 4) is 39.4 Å². The van der Waals surface area contributed by atoms with E-state index < -0.39 is 0 Å². The molecule has 0 spiro atoms. The molecular weight excluding hydrogens is 864 g/mol. The first-order valence-electron chi connectivity index (χ1n) is 25.2. The molecule has 346 valence electrons. The van der Waals surface area contributed by atoms with Crippen molar-refractivity contribution in [1.29, 1.82) is 0 Å². The van der Waals surface area contributed by atoms with Gasteiger partial charge >= 0.3 is 0 Å². The standard InChI is InChI=1S/C66H57BN2O2/c1-64(2,3)44-25-22-41(23-26-44)43-35-57-63-61(36-43)71-59-33-29-47(68-53-31-27-45(65(4,5)6)37-49(53)50-38-46(66(7,8)9)28-32-54(50)68)39-52(59)67(63)51-34-42(40-16-11-10-12-17-40)24-30-55(51)69(57)56-19-15-21-60-62(56)48-18-13-14-20-58(48)70-60/h10-39H,1-9H3. The van der Waals surface area contributed by atoms with Crippen LogP contribution in [-0.4, -0.2) is 11.3 Å². The molecule has 13 rings (SSSR count). The number of furan rings is 1. The first-order chi connectivity index (χ1) is 34.1. The van der Waals surface area contributed by atoms with E-state index in [0.717, 1.165) is 78.2 Å². The van der Waals surface area contributed by atoms with Gasteiger partial charge in [0.05, 0.1) is 22.1 Å². The van der Waals surface area contributed by atoms with E-state index in [4.69, 9.17) is 9.15 Å². The van der Waals surface area contributed by atoms with Crippen molar-refractivity contribution in [2.75, 3.05) is 4.90 Å². The van der Waals surface area contributed by atoms with Crippen molar-refractivity contribution in [1.82, 2.24) is 4.57 Å². The minimum absolute atomic E-state index is 0.00531. The van der Waals surface area contributed by atoms with Crippen LogP contribution in [0.4, 0.5) is 17.1 Å². The van der Waals surface area contributed by atoms with Crippen LogP contribution in [0.5, 0.6) is 11.5 Å². The fourth-order valence-corrected chi connectivity index (χ4v) is 11.5. The van der Waals surface area contributed by atoms with Crippen molar-refractivity contribution in [2.45, 2.75) is 78.6 Å². The fraction of sp³-hybridized carbons (Fsp3) is 0.182. The fourth-order valence-electron chi connectivity index (χ4n) is 11.5.